The van der Waals surface area contributed by atoms with Gasteiger partial charge in [-0.15, -0.1) is 0 Å². The third kappa shape index (κ3) is 4.73. The van der Waals surface area contributed by atoms with E-state index in [4.69, 9.17) is 20.3 Å². The first-order chi connectivity index (χ1) is 6.02. The van der Waals surface area contributed by atoms with E-state index in [0.29, 0.717) is 0 Å². The highest BCUT2D eigenvalue weighted by atomic mass is 28.3. The van der Waals surface area contributed by atoms with E-state index in [-0.39, 0.29) is 17.6 Å². The van der Waals surface area contributed by atoms with Gasteiger partial charge < -0.3 is 20.3 Å². The molecule has 4 N–H and O–H groups in total. The van der Waals surface area contributed by atoms with Gasteiger partial charge in [0.25, 0.3) is 0 Å². The highest BCUT2D eigenvalue weighted by Crippen LogP contribution is 2.21. The Morgan fingerprint density at radius 3 is 1.85 bits per heavy atom. The zero-order valence-corrected chi connectivity index (χ0v) is 10.1. The average Bonchev–Trinajstić information content (AvgIpc) is 2.04. The van der Waals surface area contributed by atoms with Crippen LogP contribution in [-0.2, 0) is 8.85 Å². The van der Waals surface area contributed by atoms with Gasteiger partial charge >= 0.3 is 9.28 Å². The van der Waals surface area contributed by atoms with Crippen LogP contribution in [0.4, 0.5) is 0 Å². The van der Waals surface area contributed by atoms with Gasteiger partial charge in [-0.25, -0.2) is 0 Å². The summed E-state index contributed by atoms with van der Waals surface area (Å²) in [5, 5.41) is 0. The van der Waals surface area contributed by atoms with Crippen molar-refractivity contribution in [2.45, 2.75) is 37.9 Å². The molecule has 0 aromatic heterocycles. The van der Waals surface area contributed by atoms with Gasteiger partial charge in [0, 0.05) is 31.8 Å². The highest BCUT2D eigenvalue weighted by molar-refractivity contribution is 6.46. The Bertz CT molecular complexity index is 129. The number of hydrogen-bond acceptors (Lipinski definition) is 4. The molecular weight excluding hydrogens is 184 g/mol. The van der Waals surface area contributed by atoms with Crippen LogP contribution in [0.2, 0.25) is 5.54 Å². The third-order valence-corrected chi connectivity index (χ3v) is 4.64. The Morgan fingerprint density at radius 1 is 1.15 bits per heavy atom. The Hall–Kier alpha value is 0.0569. The first kappa shape index (κ1) is 13.1. The van der Waals surface area contributed by atoms with Crippen LogP contribution in [0.15, 0.2) is 0 Å². The highest BCUT2D eigenvalue weighted by Gasteiger charge is 2.28. The number of rotatable bonds is 6. The van der Waals surface area contributed by atoms with Crippen molar-refractivity contribution < 1.29 is 8.85 Å². The summed E-state index contributed by atoms with van der Waals surface area (Å²) in [4.78, 5) is 0. The van der Waals surface area contributed by atoms with Crippen molar-refractivity contribution >= 4 is 9.28 Å². The van der Waals surface area contributed by atoms with Crippen LogP contribution in [0.1, 0.15) is 20.3 Å². The second kappa shape index (κ2) is 6.50. The van der Waals surface area contributed by atoms with Crippen molar-refractivity contribution in [2.24, 2.45) is 11.5 Å². The summed E-state index contributed by atoms with van der Waals surface area (Å²) in [5.74, 6) is 0. The number of hydrogen-bond donors (Lipinski definition) is 2. The van der Waals surface area contributed by atoms with Gasteiger partial charge in [-0.2, -0.15) is 0 Å². The molecule has 80 valence electrons. The quantitative estimate of drug-likeness (QED) is 0.598. The van der Waals surface area contributed by atoms with Gasteiger partial charge in [0.15, 0.2) is 0 Å². The monoisotopic (exact) mass is 206 g/mol. The van der Waals surface area contributed by atoms with E-state index in [0.717, 1.165) is 6.42 Å². The van der Waals surface area contributed by atoms with Crippen molar-refractivity contribution in [3.8, 4) is 0 Å². The van der Waals surface area contributed by atoms with Crippen LogP contribution in [0.5, 0.6) is 0 Å². The van der Waals surface area contributed by atoms with Crippen molar-refractivity contribution in [3.63, 3.8) is 0 Å². The minimum atomic E-state index is -1.63. The first-order valence-corrected chi connectivity index (χ1v) is 6.20. The predicted molar refractivity (Wildman–Crippen MR) is 56.8 cm³/mol. The Balaban J connectivity index is 4.21. The predicted octanol–water partition coefficient (Wildman–Crippen LogP) is -0.0456. The number of nitrogens with two attached hydrogens (primary N) is 2. The molecule has 0 aliphatic rings. The Kier molecular flexibility index (Phi) is 6.53. The van der Waals surface area contributed by atoms with Crippen molar-refractivity contribution in [2.75, 3.05) is 14.2 Å². The minimum Gasteiger partial charge on any atom is -0.400 e. The van der Waals surface area contributed by atoms with Crippen molar-refractivity contribution in [1.29, 1.82) is 0 Å². The fraction of sp³-hybridized carbons (Fsp3) is 1.00. The van der Waals surface area contributed by atoms with Crippen molar-refractivity contribution in [1.82, 2.24) is 0 Å². The average molecular weight is 206 g/mol. The molecule has 3 atom stereocenters. The van der Waals surface area contributed by atoms with E-state index in [1.807, 2.05) is 13.8 Å². The van der Waals surface area contributed by atoms with Crippen LogP contribution >= 0.6 is 0 Å². The molecule has 0 saturated carbocycles. The molecular formula is C8H22N2O2Si. The Labute approximate surface area is 82.4 Å². The maximum absolute atomic E-state index is 5.86. The molecule has 3 unspecified atom stereocenters. The molecule has 0 spiro atoms. The van der Waals surface area contributed by atoms with Gasteiger partial charge in [-0.1, -0.05) is 0 Å². The molecule has 0 aromatic carbocycles. The normalized spacial score (nSPS) is 18.7. The third-order valence-electron chi connectivity index (χ3n) is 2.13. The molecule has 13 heavy (non-hydrogen) atoms. The summed E-state index contributed by atoms with van der Waals surface area (Å²) in [7, 11) is 1.73. The first-order valence-electron chi connectivity index (χ1n) is 4.59. The zero-order valence-electron chi connectivity index (χ0n) is 8.99. The van der Waals surface area contributed by atoms with Crippen LogP contribution in [0.25, 0.3) is 0 Å². The van der Waals surface area contributed by atoms with Crippen LogP contribution in [0, 0.1) is 0 Å². The SMILES string of the molecule is CO[SiH](OC)C(CC(C)N)C(C)N. The van der Waals surface area contributed by atoms with Gasteiger partial charge in [0.1, 0.15) is 0 Å². The molecule has 0 amide bonds. The molecule has 0 rings (SSSR count). The maximum atomic E-state index is 5.86. The smallest absolute Gasteiger partial charge is 0.325 e. The summed E-state index contributed by atoms with van der Waals surface area (Å²) in [6.07, 6.45) is 0.871. The standard InChI is InChI=1S/C8H22N2O2Si/c1-6(9)5-8(7(2)10)13(11-3)12-4/h6-8,13H,5,9-10H2,1-4H3. The maximum Gasteiger partial charge on any atom is 0.325 e. The second-order valence-electron chi connectivity index (χ2n) is 3.58. The van der Waals surface area contributed by atoms with E-state index < -0.39 is 9.28 Å². The molecule has 0 heterocycles. The molecule has 0 aliphatic heterocycles. The summed E-state index contributed by atoms with van der Waals surface area (Å²) in [6.45, 7) is 3.96. The summed E-state index contributed by atoms with van der Waals surface area (Å²) >= 11 is 0. The summed E-state index contributed by atoms with van der Waals surface area (Å²) in [6, 6.07) is 0.235. The van der Waals surface area contributed by atoms with Gasteiger partial charge in [0.2, 0.25) is 0 Å². The van der Waals surface area contributed by atoms with Gasteiger partial charge in [-0.05, 0) is 20.3 Å². The lowest BCUT2D eigenvalue weighted by Gasteiger charge is -2.27. The molecule has 0 aromatic rings. The molecule has 0 saturated heterocycles. The van der Waals surface area contributed by atoms with Crippen LogP contribution < -0.4 is 11.5 Å². The topological polar surface area (TPSA) is 70.5 Å². The molecule has 0 bridgehead atoms. The van der Waals surface area contributed by atoms with E-state index in [2.05, 4.69) is 0 Å². The lowest BCUT2D eigenvalue weighted by Crippen LogP contribution is -2.40. The van der Waals surface area contributed by atoms with Gasteiger partial charge in [-0.3, -0.25) is 0 Å². The zero-order chi connectivity index (χ0) is 10.4. The van der Waals surface area contributed by atoms with Gasteiger partial charge in [0.05, 0.1) is 0 Å². The van der Waals surface area contributed by atoms with E-state index in [1.165, 1.54) is 0 Å². The molecule has 4 nitrogen and oxygen atoms in total. The second-order valence-corrected chi connectivity index (χ2v) is 6.11. The lowest BCUT2D eigenvalue weighted by molar-refractivity contribution is 0.255. The Morgan fingerprint density at radius 2 is 1.62 bits per heavy atom. The summed E-state index contributed by atoms with van der Waals surface area (Å²) < 4.78 is 10.6. The van der Waals surface area contributed by atoms with E-state index in [9.17, 15) is 0 Å². The summed E-state index contributed by atoms with van der Waals surface area (Å²) in [5.41, 5.74) is 11.9. The van der Waals surface area contributed by atoms with Crippen LogP contribution in [-0.4, -0.2) is 35.6 Å². The molecule has 0 radical (unpaired) electrons. The lowest BCUT2D eigenvalue weighted by atomic mass is 10.1. The molecule has 0 fully saturated rings. The molecule has 5 heteroatoms. The fourth-order valence-electron chi connectivity index (χ4n) is 1.45. The fourth-order valence-corrected chi connectivity index (χ4v) is 3.49. The van der Waals surface area contributed by atoms with Crippen LogP contribution in [0.3, 0.4) is 0 Å². The van der Waals surface area contributed by atoms with Crippen molar-refractivity contribution in [3.05, 3.63) is 0 Å². The minimum absolute atomic E-state index is 0.0857. The molecule has 0 aliphatic carbocycles. The largest absolute Gasteiger partial charge is 0.400 e. The van der Waals surface area contributed by atoms with E-state index in [1.54, 1.807) is 14.2 Å². The van der Waals surface area contributed by atoms with E-state index >= 15 is 0 Å².